The Morgan fingerprint density at radius 2 is 1.58 bits per heavy atom. The topological polar surface area (TPSA) is 88.1 Å². The van der Waals surface area contributed by atoms with Gasteiger partial charge in [-0.15, -0.1) is 0 Å². The molecule has 0 saturated heterocycles. The molecule has 1 rings (SSSR count). The number of hydrogen-bond acceptors (Lipinski definition) is 5. The van der Waals surface area contributed by atoms with Crippen LogP contribution < -0.4 is 5.43 Å². The number of carbonyl (C=O) groups excluding carboxylic acids is 2. The number of benzene rings is 1. The van der Waals surface area contributed by atoms with Gasteiger partial charge < -0.3 is 14.6 Å². The Balaban J connectivity index is 3.14. The Labute approximate surface area is 155 Å². The SMILES string of the molecule is CC(C)(C)OC(=O)NN(C(=O)OC(C)(C)C)C(CCO)c1ccccc1. The fourth-order valence-electron chi connectivity index (χ4n) is 2.20. The zero-order valence-electron chi connectivity index (χ0n) is 16.4. The lowest BCUT2D eigenvalue weighted by Crippen LogP contribution is -2.51. The van der Waals surface area contributed by atoms with Crippen LogP contribution in [0.1, 0.15) is 59.6 Å². The Morgan fingerprint density at radius 1 is 1.04 bits per heavy atom. The van der Waals surface area contributed by atoms with Crippen LogP contribution in [0.15, 0.2) is 30.3 Å². The summed E-state index contributed by atoms with van der Waals surface area (Å²) in [6.07, 6.45) is -1.29. The van der Waals surface area contributed by atoms with Crippen LogP contribution in [0, 0.1) is 0 Å². The molecule has 0 fully saturated rings. The summed E-state index contributed by atoms with van der Waals surface area (Å²) in [5.41, 5.74) is 1.76. The monoisotopic (exact) mass is 366 g/mol. The van der Waals surface area contributed by atoms with Crippen molar-refractivity contribution in [2.45, 2.75) is 65.2 Å². The molecule has 0 heterocycles. The summed E-state index contributed by atoms with van der Waals surface area (Å²) in [6, 6.07) is 8.51. The third-order valence-corrected chi connectivity index (χ3v) is 3.10. The van der Waals surface area contributed by atoms with Gasteiger partial charge in [0.05, 0.1) is 6.04 Å². The number of nitrogens with zero attached hydrogens (tertiary/aromatic N) is 1. The maximum atomic E-state index is 12.7. The number of aliphatic hydroxyl groups is 1. The first kappa shape index (κ1) is 21.8. The molecule has 7 nitrogen and oxygen atoms in total. The van der Waals surface area contributed by atoms with Gasteiger partial charge in [-0.2, -0.15) is 0 Å². The van der Waals surface area contributed by atoms with Gasteiger partial charge in [0.2, 0.25) is 0 Å². The lowest BCUT2D eigenvalue weighted by atomic mass is 10.0. The molecule has 1 atom stereocenters. The minimum Gasteiger partial charge on any atom is -0.443 e. The molecule has 146 valence electrons. The molecular formula is C19H30N2O5. The van der Waals surface area contributed by atoms with Crippen LogP contribution in [0.25, 0.3) is 0 Å². The van der Waals surface area contributed by atoms with Crippen molar-refractivity contribution >= 4 is 12.2 Å². The Bertz CT molecular complexity index is 590. The molecule has 0 saturated carbocycles. The van der Waals surface area contributed by atoms with Crippen LogP contribution in [-0.2, 0) is 9.47 Å². The second kappa shape index (κ2) is 8.89. The highest BCUT2D eigenvalue weighted by Crippen LogP contribution is 2.25. The third kappa shape index (κ3) is 7.74. The van der Waals surface area contributed by atoms with Gasteiger partial charge in [0.25, 0.3) is 0 Å². The van der Waals surface area contributed by atoms with Crippen molar-refractivity contribution in [3.63, 3.8) is 0 Å². The summed E-state index contributed by atoms with van der Waals surface area (Å²) in [7, 11) is 0. The van der Waals surface area contributed by atoms with E-state index in [9.17, 15) is 14.7 Å². The van der Waals surface area contributed by atoms with E-state index in [0.717, 1.165) is 10.6 Å². The van der Waals surface area contributed by atoms with Crippen molar-refractivity contribution in [2.75, 3.05) is 6.61 Å². The van der Waals surface area contributed by atoms with E-state index in [0.29, 0.717) is 0 Å². The molecule has 1 unspecified atom stereocenters. The molecule has 26 heavy (non-hydrogen) atoms. The summed E-state index contributed by atoms with van der Waals surface area (Å²) in [5.74, 6) is 0. The van der Waals surface area contributed by atoms with Crippen molar-refractivity contribution in [3.05, 3.63) is 35.9 Å². The van der Waals surface area contributed by atoms with E-state index in [1.807, 2.05) is 30.3 Å². The van der Waals surface area contributed by atoms with Gasteiger partial charge in [0.15, 0.2) is 0 Å². The van der Waals surface area contributed by atoms with E-state index in [2.05, 4.69) is 5.43 Å². The molecule has 0 aliphatic rings. The smallest absolute Gasteiger partial charge is 0.429 e. The first-order chi connectivity index (χ1) is 11.9. The lowest BCUT2D eigenvalue weighted by Gasteiger charge is -2.34. The van der Waals surface area contributed by atoms with Gasteiger partial charge in [-0.25, -0.2) is 20.0 Å². The number of carbonyl (C=O) groups is 2. The van der Waals surface area contributed by atoms with E-state index in [1.165, 1.54) is 0 Å². The van der Waals surface area contributed by atoms with E-state index in [1.54, 1.807) is 41.5 Å². The largest absolute Gasteiger partial charge is 0.443 e. The molecule has 0 radical (unpaired) electrons. The zero-order valence-corrected chi connectivity index (χ0v) is 16.4. The van der Waals surface area contributed by atoms with Crippen LogP contribution in [0.2, 0.25) is 0 Å². The second-order valence-electron chi connectivity index (χ2n) is 7.90. The van der Waals surface area contributed by atoms with Crippen molar-refractivity contribution in [1.82, 2.24) is 10.4 Å². The van der Waals surface area contributed by atoms with Gasteiger partial charge in [-0.1, -0.05) is 30.3 Å². The van der Waals surface area contributed by atoms with Crippen LogP contribution in [0.3, 0.4) is 0 Å². The second-order valence-corrected chi connectivity index (χ2v) is 7.90. The minimum absolute atomic E-state index is 0.172. The summed E-state index contributed by atoms with van der Waals surface area (Å²) in [5, 5.41) is 10.5. The molecule has 2 amide bonds. The van der Waals surface area contributed by atoms with E-state index >= 15 is 0 Å². The van der Waals surface area contributed by atoms with Crippen molar-refractivity contribution in [3.8, 4) is 0 Å². The number of amides is 2. The first-order valence-corrected chi connectivity index (χ1v) is 8.60. The summed E-state index contributed by atoms with van der Waals surface area (Å²) in [6.45, 7) is 10.2. The predicted octanol–water partition coefficient (Wildman–Crippen LogP) is 3.79. The molecule has 0 bridgehead atoms. The lowest BCUT2D eigenvalue weighted by molar-refractivity contribution is -0.0126. The maximum absolute atomic E-state index is 12.7. The normalized spacial score (nSPS) is 12.9. The van der Waals surface area contributed by atoms with Crippen molar-refractivity contribution in [1.29, 1.82) is 0 Å². The predicted molar refractivity (Wildman–Crippen MR) is 98.3 cm³/mol. The number of hydrogen-bond donors (Lipinski definition) is 2. The first-order valence-electron chi connectivity index (χ1n) is 8.60. The molecule has 0 aliphatic carbocycles. The maximum Gasteiger partial charge on any atom is 0.429 e. The van der Waals surface area contributed by atoms with Crippen LogP contribution in [0.4, 0.5) is 9.59 Å². The molecular weight excluding hydrogens is 336 g/mol. The number of aliphatic hydroxyl groups excluding tert-OH is 1. The number of ether oxygens (including phenoxy) is 2. The van der Waals surface area contributed by atoms with E-state index in [-0.39, 0.29) is 13.0 Å². The average molecular weight is 366 g/mol. The highest BCUT2D eigenvalue weighted by molar-refractivity contribution is 5.75. The highest BCUT2D eigenvalue weighted by Gasteiger charge is 2.32. The Hall–Kier alpha value is -2.28. The quantitative estimate of drug-likeness (QED) is 0.792. The van der Waals surface area contributed by atoms with E-state index in [4.69, 9.17) is 9.47 Å². The van der Waals surface area contributed by atoms with Gasteiger partial charge in [0, 0.05) is 6.61 Å². The van der Waals surface area contributed by atoms with Crippen molar-refractivity contribution < 1.29 is 24.2 Å². The number of hydrazine groups is 1. The fourth-order valence-corrected chi connectivity index (χ4v) is 2.20. The average Bonchev–Trinajstić information content (AvgIpc) is 2.48. The van der Waals surface area contributed by atoms with Gasteiger partial charge in [-0.3, -0.25) is 0 Å². The van der Waals surface area contributed by atoms with Crippen LogP contribution in [0.5, 0.6) is 0 Å². The molecule has 7 heteroatoms. The van der Waals surface area contributed by atoms with Crippen LogP contribution >= 0.6 is 0 Å². The minimum atomic E-state index is -0.776. The summed E-state index contributed by atoms with van der Waals surface area (Å²) < 4.78 is 10.7. The Morgan fingerprint density at radius 3 is 2.04 bits per heavy atom. The van der Waals surface area contributed by atoms with E-state index < -0.39 is 29.4 Å². The van der Waals surface area contributed by atoms with Gasteiger partial charge in [0.1, 0.15) is 11.2 Å². The highest BCUT2D eigenvalue weighted by atomic mass is 16.6. The molecule has 1 aromatic rings. The van der Waals surface area contributed by atoms with Gasteiger partial charge in [-0.05, 0) is 53.5 Å². The molecule has 0 aromatic heterocycles. The summed E-state index contributed by atoms with van der Waals surface area (Å²) in [4.78, 5) is 24.9. The third-order valence-electron chi connectivity index (χ3n) is 3.10. The number of nitrogens with one attached hydrogen (secondary N) is 1. The van der Waals surface area contributed by atoms with Crippen molar-refractivity contribution in [2.24, 2.45) is 0 Å². The van der Waals surface area contributed by atoms with Gasteiger partial charge >= 0.3 is 12.2 Å². The van der Waals surface area contributed by atoms with Crippen LogP contribution in [-0.4, -0.2) is 40.1 Å². The summed E-state index contributed by atoms with van der Waals surface area (Å²) >= 11 is 0. The zero-order chi connectivity index (χ0) is 20.0. The Kier molecular flexibility index (Phi) is 7.44. The molecule has 1 aromatic carbocycles. The standard InChI is InChI=1S/C19H30N2O5/c1-18(2,3)25-16(23)20-21(17(24)26-19(4,5)6)15(12-13-22)14-10-8-7-9-11-14/h7-11,15,22H,12-13H2,1-6H3,(H,20,23). The fraction of sp³-hybridized carbons (Fsp3) is 0.579. The molecule has 2 N–H and O–H groups in total. The molecule has 0 spiro atoms. The number of rotatable bonds is 4. The molecule has 0 aliphatic heterocycles.